The Hall–Kier alpha value is -4.26. The number of pyridine rings is 2. The van der Waals surface area contributed by atoms with Crippen LogP contribution in [0.1, 0.15) is 37.6 Å². The summed E-state index contributed by atoms with van der Waals surface area (Å²) in [5.41, 5.74) is 2.50. The molecule has 192 valence electrons. The van der Waals surface area contributed by atoms with E-state index in [1.807, 2.05) is 24.3 Å². The van der Waals surface area contributed by atoms with Crippen LogP contribution in [0, 0.1) is 16.6 Å². The molecule has 1 amide bonds. The molecule has 0 spiro atoms. The average Bonchev–Trinajstić information content (AvgIpc) is 3.16. The van der Waals surface area contributed by atoms with E-state index in [1.165, 1.54) is 0 Å². The number of nitrogens with zero attached hydrogens (tertiary/aromatic N) is 2. The predicted octanol–water partition coefficient (Wildman–Crippen LogP) is 4.79. The molecule has 4 aromatic rings. The van der Waals surface area contributed by atoms with Gasteiger partial charge < -0.3 is 15.7 Å². The highest BCUT2D eigenvalue weighted by atomic mass is 32.2. The van der Waals surface area contributed by atoms with Crippen molar-refractivity contribution in [2.24, 2.45) is 0 Å². The number of carbonyl (C=O) groups excluding carboxylic acids is 1. The maximum Gasteiger partial charge on any atom is 0.237 e. The van der Waals surface area contributed by atoms with E-state index >= 15 is 0 Å². The second-order valence-electron chi connectivity index (χ2n) is 9.70. The van der Waals surface area contributed by atoms with Gasteiger partial charge in [-0.2, -0.15) is 0 Å². The van der Waals surface area contributed by atoms with Crippen LogP contribution in [0.5, 0.6) is 0 Å². The van der Waals surface area contributed by atoms with Gasteiger partial charge in [-0.05, 0) is 80.8 Å². The van der Waals surface area contributed by atoms with Gasteiger partial charge in [-0.1, -0.05) is 12.0 Å². The first-order valence-electron chi connectivity index (χ1n) is 12.1. The molecule has 9 heteroatoms. The van der Waals surface area contributed by atoms with Crippen LogP contribution in [0.2, 0.25) is 0 Å². The Kier molecular flexibility index (Phi) is 6.39. The fourth-order valence-electron chi connectivity index (χ4n) is 4.27. The third-order valence-electron chi connectivity index (χ3n) is 6.79. The molecule has 0 bridgehead atoms. The van der Waals surface area contributed by atoms with Crippen molar-refractivity contribution in [2.45, 2.75) is 36.3 Å². The summed E-state index contributed by atoms with van der Waals surface area (Å²) < 4.78 is 20.8. The number of aliphatic hydroxyl groups is 1. The van der Waals surface area contributed by atoms with Gasteiger partial charge in [0.25, 0.3) is 0 Å². The number of aliphatic hydroxyl groups excluding tert-OH is 1. The van der Waals surface area contributed by atoms with Crippen LogP contribution >= 0.6 is 0 Å². The van der Waals surface area contributed by atoms with E-state index in [1.54, 1.807) is 63.5 Å². The molecule has 0 radical (unpaired) electrons. The van der Waals surface area contributed by atoms with Crippen molar-refractivity contribution in [2.75, 3.05) is 17.2 Å². The average molecular weight is 526 g/mol. The summed E-state index contributed by atoms with van der Waals surface area (Å²) >= 11 is 0. The summed E-state index contributed by atoms with van der Waals surface area (Å²) in [4.78, 5) is 21.8. The number of nitrogens with one attached hydrogen (secondary N) is 3. The lowest BCUT2D eigenvalue weighted by atomic mass is 9.84. The van der Waals surface area contributed by atoms with Gasteiger partial charge in [-0.25, -0.2) is 19.0 Å². The molecule has 2 aromatic heterocycles. The van der Waals surface area contributed by atoms with Crippen molar-refractivity contribution in [3.05, 3.63) is 83.8 Å². The van der Waals surface area contributed by atoms with Crippen molar-refractivity contribution in [1.29, 1.82) is 4.78 Å². The Morgan fingerprint density at radius 2 is 1.87 bits per heavy atom. The Bertz CT molecular complexity index is 1740. The van der Waals surface area contributed by atoms with Gasteiger partial charge in [0, 0.05) is 50.2 Å². The molecule has 1 aliphatic rings. The lowest BCUT2D eigenvalue weighted by Crippen LogP contribution is -2.34. The summed E-state index contributed by atoms with van der Waals surface area (Å²) in [6, 6.07) is 16.2. The van der Waals surface area contributed by atoms with Crippen molar-refractivity contribution in [3.8, 4) is 11.8 Å². The van der Waals surface area contributed by atoms with Crippen molar-refractivity contribution >= 4 is 43.6 Å². The van der Waals surface area contributed by atoms with E-state index in [0.717, 1.165) is 22.0 Å². The van der Waals surface area contributed by atoms with Crippen molar-refractivity contribution < 1.29 is 14.1 Å². The van der Waals surface area contributed by atoms with E-state index < -0.39 is 15.1 Å². The SMILES string of the molecule is CC(C)S(=N)(=O)c1ccc(Nc2cc3c(C#Cc4ccc5c(c4)NC(=O)C5(C)CO)nccc3cn2)cc1. The molecule has 0 saturated heterocycles. The molecule has 8 nitrogen and oxygen atoms in total. The summed E-state index contributed by atoms with van der Waals surface area (Å²) in [5, 5.41) is 17.2. The van der Waals surface area contributed by atoms with Crippen molar-refractivity contribution in [3.63, 3.8) is 0 Å². The van der Waals surface area contributed by atoms with Crippen LogP contribution in [0.15, 0.2) is 71.9 Å². The second kappa shape index (κ2) is 9.56. The van der Waals surface area contributed by atoms with E-state index in [2.05, 4.69) is 32.4 Å². The summed E-state index contributed by atoms with van der Waals surface area (Å²) in [7, 11) is -2.84. The molecular formula is C29H27N5O3S. The highest BCUT2D eigenvalue weighted by Crippen LogP contribution is 2.37. The number of anilines is 3. The Morgan fingerprint density at radius 3 is 2.58 bits per heavy atom. The van der Waals surface area contributed by atoms with Crippen LogP contribution < -0.4 is 10.6 Å². The summed E-state index contributed by atoms with van der Waals surface area (Å²) in [6.07, 6.45) is 3.43. The molecule has 1 aliphatic heterocycles. The molecule has 2 aromatic carbocycles. The number of hydrogen-bond donors (Lipinski definition) is 4. The first kappa shape index (κ1) is 25.4. The zero-order valence-corrected chi connectivity index (χ0v) is 22.0. The monoisotopic (exact) mass is 525 g/mol. The Balaban J connectivity index is 1.42. The fraction of sp³-hybridized carbons (Fsp3) is 0.207. The molecule has 3 heterocycles. The highest BCUT2D eigenvalue weighted by Gasteiger charge is 2.42. The standard InChI is InChI=1S/C29H27N5O3S/c1-18(2)38(30,37)22-8-6-21(7-9-22)33-27-15-23-20(16-32-27)12-13-31-25(23)11-5-19-4-10-24-26(14-19)34-28(36)29(24,3)17-35/h4,6-10,12-16,18,30,35H,17H2,1-3H3,(H,32,33)(H,34,36). The first-order valence-corrected chi connectivity index (χ1v) is 13.7. The van der Waals surface area contributed by atoms with Gasteiger partial charge >= 0.3 is 0 Å². The van der Waals surface area contributed by atoms with Crippen molar-refractivity contribution in [1.82, 2.24) is 9.97 Å². The van der Waals surface area contributed by atoms with Crippen LogP contribution in [-0.4, -0.2) is 37.0 Å². The topological polar surface area (TPSA) is 128 Å². The van der Waals surface area contributed by atoms with Gasteiger partial charge in [0.05, 0.1) is 21.8 Å². The summed E-state index contributed by atoms with van der Waals surface area (Å²) in [6.45, 7) is 5.01. The molecule has 0 aliphatic carbocycles. The highest BCUT2D eigenvalue weighted by molar-refractivity contribution is 7.93. The minimum atomic E-state index is -2.84. The fourth-order valence-corrected chi connectivity index (χ4v) is 5.36. The van der Waals surface area contributed by atoms with E-state index in [9.17, 15) is 14.1 Å². The number of hydrogen-bond acceptors (Lipinski definition) is 7. The first-order chi connectivity index (χ1) is 18.1. The van der Waals surface area contributed by atoms with E-state index in [-0.39, 0.29) is 17.8 Å². The molecule has 0 fully saturated rings. The Morgan fingerprint density at radius 1 is 1.11 bits per heavy atom. The van der Waals surface area contributed by atoms with E-state index in [0.29, 0.717) is 27.7 Å². The van der Waals surface area contributed by atoms with Gasteiger partial charge in [-0.15, -0.1) is 0 Å². The number of rotatable bonds is 5. The van der Waals surface area contributed by atoms with Gasteiger partial charge in [-0.3, -0.25) is 4.79 Å². The minimum Gasteiger partial charge on any atom is -0.395 e. The largest absolute Gasteiger partial charge is 0.395 e. The molecule has 0 saturated carbocycles. The quantitative estimate of drug-likeness (QED) is 0.278. The predicted molar refractivity (Wildman–Crippen MR) is 149 cm³/mol. The number of amides is 1. The van der Waals surface area contributed by atoms with Crippen LogP contribution in [0.25, 0.3) is 10.8 Å². The third kappa shape index (κ3) is 4.49. The number of carbonyl (C=O) groups is 1. The maximum atomic E-state index is 12.6. The lowest BCUT2D eigenvalue weighted by molar-refractivity contribution is -0.121. The van der Waals surface area contributed by atoms with E-state index in [4.69, 9.17) is 4.78 Å². The zero-order chi connectivity index (χ0) is 27.1. The molecule has 4 N–H and O–H groups in total. The zero-order valence-electron chi connectivity index (χ0n) is 21.2. The normalized spacial score (nSPS) is 17.9. The maximum absolute atomic E-state index is 12.6. The molecule has 2 atom stereocenters. The third-order valence-corrected chi connectivity index (χ3v) is 9.09. The number of benzene rings is 2. The summed E-state index contributed by atoms with van der Waals surface area (Å²) in [5.74, 6) is 6.63. The lowest BCUT2D eigenvalue weighted by Gasteiger charge is -2.18. The number of fused-ring (bicyclic) bond motifs is 2. The van der Waals surface area contributed by atoms with Gasteiger partial charge in [0.15, 0.2) is 0 Å². The van der Waals surface area contributed by atoms with Crippen LogP contribution in [-0.2, 0) is 19.9 Å². The smallest absolute Gasteiger partial charge is 0.237 e. The van der Waals surface area contributed by atoms with Gasteiger partial charge in [0.2, 0.25) is 5.91 Å². The molecule has 5 rings (SSSR count). The molecule has 2 unspecified atom stereocenters. The molecular weight excluding hydrogens is 498 g/mol. The second-order valence-corrected chi connectivity index (χ2v) is 12.3. The minimum absolute atomic E-state index is 0.230. The van der Waals surface area contributed by atoms with Gasteiger partial charge in [0.1, 0.15) is 11.5 Å². The molecule has 38 heavy (non-hydrogen) atoms. The number of aromatic nitrogens is 2. The van der Waals surface area contributed by atoms with Crippen LogP contribution in [0.3, 0.4) is 0 Å². The van der Waals surface area contributed by atoms with Crippen LogP contribution in [0.4, 0.5) is 17.2 Å². The Labute approximate surface area is 221 Å².